The van der Waals surface area contributed by atoms with Gasteiger partial charge in [-0.2, -0.15) is 0 Å². The first-order valence-corrected chi connectivity index (χ1v) is 10.4. The Balaban J connectivity index is 2.59. The third-order valence-electron chi connectivity index (χ3n) is 5.77. The van der Waals surface area contributed by atoms with E-state index in [0.717, 1.165) is 0 Å². The van der Waals surface area contributed by atoms with Gasteiger partial charge in [0, 0.05) is 17.1 Å². The quantitative estimate of drug-likeness (QED) is 0.685. The first kappa shape index (κ1) is 14.6. The summed E-state index contributed by atoms with van der Waals surface area (Å²) in [6.07, 6.45) is 0. The third-order valence-corrected chi connectivity index (χ3v) is 11.4. The zero-order valence-corrected chi connectivity index (χ0v) is 14.5. The molecule has 0 radical (unpaired) electrons. The van der Waals surface area contributed by atoms with E-state index < -0.39 is 8.24 Å². The Morgan fingerprint density at radius 1 is 1.05 bits per heavy atom. The van der Waals surface area contributed by atoms with Gasteiger partial charge in [-0.25, -0.2) is 0 Å². The van der Waals surface area contributed by atoms with Crippen LogP contribution in [0.4, 0.5) is 5.69 Å². The number of nitrogens with zero attached hydrogens (tertiary/aromatic N) is 1. The molecule has 0 aromatic heterocycles. The van der Waals surface area contributed by atoms with E-state index in [9.17, 15) is 0 Å². The number of fused-ring (bicyclic) bond motifs is 1. The van der Waals surface area contributed by atoms with Gasteiger partial charge in [0.15, 0.2) is 8.24 Å². The molecule has 0 spiro atoms. The second-order valence-corrected chi connectivity index (χ2v) is 11.6. The van der Waals surface area contributed by atoms with E-state index in [0.29, 0.717) is 6.04 Å². The van der Waals surface area contributed by atoms with E-state index in [-0.39, 0.29) is 5.41 Å². The predicted octanol–water partition coefficient (Wildman–Crippen LogP) is 5.18. The van der Waals surface area contributed by atoms with Gasteiger partial charge in [-0.15, -0.1) is 0 Å². The molecule has 0 amide bonds. The lowest BCUT2D eigenvalue weighted by Crippen LogP contribution is -2.57. The van der Waals surface area contributed by atoms with Gasteiger partial charge >= 0.3 is 0 Å². The summed E-state index contributed by atoms with van der Waals surface area (Å²) in [4.78, 5) is 0. The van der Waals surface area contributed by atoms with Gasteiger partial charge in [-0.1, -0.05) is 52.8 Å². The molecule has 1 aromatic carbocycles. The van der Waals surface area contributed by atoms with Crippen molar-refractivity contribution in [2.45, 2.75) is 71.1 Å². The van der Waals surface area contributed by atoms with Crippen LogP contribution in [-0.4, -0.2) is 14.3 Å². The fourth-order valence-electron chi connectivity index (χ4n) is 3.91. The number of hydrogen-bond donors (Lipinski definition) is 0. The van der Waals surface area contributed by atoms with Crippen molar-refractivity contribution >= 4 is 13.9 Å². The lowest BCUT2D eigenvalue weighted by molar-refractivity contribution is 0.464. The fraction of sp³-hybridized carbons (Fsp3) is 0.647. The van der Waals surface area contributed by atoms with Gasteiger partial charge in [0.1, 0.15) is 0 Å². The molecule has 1 heterocycles. The van der Waals surface area contributed by atoms with E-state index in [1.165, 1.54) is 23.8 Å². The molecular weight excluding hydrogens is 246 g/mol. The van der Waals surface area contributed by atoms with Gasteiger partial charge in [-0.05, 0) is 36.7 Å². The molecular formula is C17H29NSi. The highest BCUT2D eigenvalue weighted by Gasteiger charge is 2.49. The molecule has 0 saturated carbocycles. The van der Waals surface area contributed by atoms with Crippen molar-refractivity contribution in [3.05, 3.63) is 29.8 Å². The van der Waals surface area contributed by atoms with Crippen molar-refractivity contribution in [3.8, 4) is 0 Å². The number of anilines is 1. The summed E-state index contributed by atoms with van der Waals surface area (Å²) < 4.78 is 2.86. The van der Waals surface area contributed by atoms with Gasteiger partial charge in [0.2, 0.25) is 0 Å². The fourth-order valence-corrected chi connectivity index (χ4v) is 8.28. The Labute approximate surface area is 120 Å². The smallest absolute Gasteiger partial charge is 0.156 e. The van der Waals surface area contributed by atoms with Crippen LogP contribution < -0.4 is 4.57 Å². The van der Waals surface area contributed by atoms with Crippen LogP contribution in [0.15, 0.2) is 24.3 Å². The molecule has 1 aromatic rings. The van der Waals surface area contributed by atoms with Crippen molar-refractivity contribution < 1.29 is 0 Å². The van der Waals surface area contributed by atoms with Crippen LogP contribution in [0.3, 0.4) is 0 Å². The lowest BCUT2D eigenvalue weighted by Gasteiger charge is -2.45. The molecule has 1 atom stereocenters. The minimum Gasteiger partial charge on any atom is -0.394 e. The maximum absolute atomic E-state index is 2.86. The molecule has 106 valence electrons. The maximum atomic E-state index is 2.86. The summed E-state index contributed by atoms with van der Waals surface area (Å²) in [5.74, 6) is 0. The Hall–Kier alpha value is -0.763. The molecule has 1 aliphatic rings. The maximum Gasteiger partial charge on any atom is 0.156 e. The molecule has 1 aliphatic heterocycles. The van der Waals surface area contributed by atoms with Crippen molar-refractivity contribution in [3.63, 3.8) is 0 Å². The Bertz CT molecular complexity index is 440. The van der Waals surface area contributed by atoms with Gasteiger partial charge < -0.3 is 4.57 Å². The topological polar surface area (TPSA) is 3.24 Å². The molecule has 1 nitrogen and oxygen atoms in total. The number of para-hydroxylation sites is 1. The van der Waals surface area contributed by atoms with Crippen molar-refractivity contribution in [2.75, 3.05) is 4.57 Å². The van der Waals surface area contributed by atoms with Crippen molar-refractivity contribution in [1.29, 1.82) is 0 Å². The molecule has 0 aliphatic carbocycles. The summed E-state index contributed by atoms with van der Waals surface area (Å²) in [5, 5.41) is 0. The highest BCUT2D eigenvalue weighted by molar-refractivity contribution is 6.83. The number of benzene rings is 1. The lowest BCUT2D eigenvalue weighted by atomic mass is 9.81. The normalized spacial score (nSPS) is 21.6. The average molecular weight is 276 g/mol. The highest BCUT2D eigenvalue weighted by atomic mass is 28.3. The van der Waals surface area contributed by atoms with Crippen LogP contribution in [0.2, 0.25) is 18.1 Å². The third kappa shape index (κ3) is 1.96. The molecule has 19 heavy (non-hydrogen) atoms. The molecule has 0 N–H and O–H groups in total. The van der Waals surface area contributed by atoms with E-state index in [1.54, 1.807) is 5.56 Å². The largest absolute Gasteiger partial charge is 0.394 e. The first-order chi connectivity index (χ1) is 8.94. The van der Waals surface area contributed by atoms with E-state index in [4.69, 9.17) is 0 Å². The van der Waals surface area contributed by atoms with Gasteiger partial charge in [-0.3, -0.25) is 0 Å². The Morgan fingerprint density at radius 3 is 2.11 bits per heavy atom. The first-order valence-electron chi connectivity index (χ1n) is 7.83. The number of hydrogen-bond acceptors (Lipinski definition) is 1. The second kappa shape index (κ2) is 4.97. The zero-order valence-electron chi connectivity index (χ0n) is 13.5. The summed E-state index contributed by atoms with van der Waals surface area (Å²) in [6.45, 7) is 14.5. The molecule has 2 rings (SSSR count). The van der Waals surface area contributed by atoms with Crippen LogP contribution >= 0.6 is 0 Å². The van der Waals surface area contributed by atoms with Gasteiger partial charge in [0.05, 0.1) is 0 Å². The van der Waals surface area contributed by atoms with Crippen LogP contribution in [-0.2, 0) is 5.41 Å². The molecule has 0 saturated heterocycles. The predicted molar refractivity (Wildman–Crippen MR) is 88.6 cm³/mol. The van der Waals surface area contributed by atoms with Gasteiger partial charge in [0.25, 0.3) is 0 Å². The number of rotatable bonds is 4. The standard InChI is InChI=1S/C17H29NSi/c1-7-19(8-2,9-3)18-14(4)17(5,6)15-12-10-11-13-16(15)18/h10-14H,7-9H2,1-6H3. The summed E-state index contributed by atoms with van der Waals surface area (Å²) >= 11 is 0. The Morgan fingerprint density at radius 2 is 1.58 bits per heavy atom. The summed E-state index contributed by atoms with van der Waals surface area (Å²) in [6, 6.07) is 13.8. The molecule has 2 heteroatoms. The molecule has 0 bridgehead atoms. The van der Waals surface area contributed by atoms with Crippen LogP contribution in [0.1, 0.15) is 47.1 Å². The minimum absolute atomic E-state index is 0.272. The van der Waals surface area contributed by atoms with E-state index in [1.807, 2.05) is 0 Å². The zero-order chi connectivity index (χ0) is 14.3. The Kier molecular flexibility index (Phi) is 3.83. The van der Waals surface area contributed by atoms with Crippen LogP contribution in [0.5, 0.6) is 0 Å². The summed E-state index contributed by atoms with van der Waals surface area (Å²) in [7, 11) is -1.35. The monoisotopic (exact) mass is 275 g/mol. The van der Waals surface area contributed by atoms with Crippen molar-refractivity contribution in [2.24, 2.45) is 0 Å². The SMILES string of the molecule is CC[Si](CC)(CC)N1c2ccccc2C(C)(C)C1C. The second-order valence-electron chi connectivity index (χ2n) is 6.57. The molecule has 1 unspecified atom stereocenters. The van der Waals surface area contributed by atoms with Crippen molar-refractivity contribution in [1.82, 2.24) is 0 Å². The van der Waals surface area contributed by atoms with E-state index in [2.05, 4.69) is 70.4 Å². The minimum atomic E-state index is -1.35. The molecule has 0 fully saturated rings. The average Bonchev–Trinajstić information content (AvgIpc) is 2.63. The summed E-state index contributed by atoms with van der Waals surface area (Å²) in [5.41, 5.74) is 3.35. The van der Waals surface area contributed by atoms with Crippen LogP contribution in [0, 0.1) is 0 Å². The van der Waals surface area contributed by atoms with Crippen LogP contribution in [0.25, 0.3) is 0 Å². The highest BCUT2D eigenvalue weighted by Crippen LogP contribution is 2.49. The van der Waals surface area contributed by atoms with E-state index >= 15 is 0 Å².